The van der Waals surface area contributed by atoms with E-state index in [1.807, 2.05) is 0 Å². The van der Waals surface area contributed by atoms with Gasteiger partial charge in [-0.15, -0.1) is 5.11 Å². The number of hydrogen-bond donors (Lipinski definition) is 4. The Bertz CT molecular complexity index is 217. The maximum absolute atomic E-state index is 11.1. The fourth-order valence-electron chi connectivity index (χ4n) is 1.02. The van der Waals surface area contributed by atoms with Crippen molar-refractivity contribution in [1.82, 2.24) is 10.6 Å². The predicted octanol–water partition coefficient (Wildman–Crippen LogP) is 1.87. The monoisotopic (exact) mass is 213 g/mol. The number of nitrogens with one attached hydrogen (secondary N) is 4. The minimum absolute atomic E-state index is 0.00426. The molecule has 0 unspecified atom stereocenters. The van der Waals surface area contributed by atoms with Gasteiger partial charge in [-0.1, -0.05) is 26.2 Å². The summed E-state index contributed by atoms with van der Waals surface area (Å²) in [5, 5.41) is 15.0. The van der Waals surface area contributed by atoms with Crippen LogP contribution >= 0.6 is 0 Å². The van der Waals surface area contributed by atoms with Crippen LogP contribution in [0.3, 0.4) is 0 Å². The molecular formula is C9H19N5O. The summed E-state index contributed by atoms with van der Waals surface area (Å²) in [6.45, 7) is 2.79. The Morgan fingerprint density at radius 3 is 2.60 bits per heavy atom. The largest absolute Gasteiger partial charge is 0.338 e. The third-order valence-electron chi connectivity index (χ3n) is 1.87. The molecule has 0 rings (SSSR count). The van der Waals surface area contributed by atoms with E-state index in [-0.39, 0.29) is 18.4 Å². The number of hydrogen-bond acceptors (Lipinski definition) is 3. The predicted molar refractivity (Wildman–Crippen MR) is 58.4 cm³/mol. The number of unbranched alkanes of at least 4 members (excludes halogenated alkanes) is 3. The molecule has 0 aromatic carbocycles. The lowest BCUT2D eigenvalue weighted by atomic mass is 10.2. The second kappa shape index (κ2) is 9.11. The van der Waals surface area contributed by atoms with Crippen LogP contribution in [0.2, 0.25) is 0 Å². The first kappa shape index (κ1) is 13.5. The van der Waals surface area contributed by atoms with Crippen molar-refractivity contribution in [3.05, 3.63) is 0 Å². The second-order valence-electron chi connectivity index (χ2n) is 3.23. The van der Waals surface area contributed by atoms with Crippen LogP contribution < -0.4 is 10.6 Å². The molecule has 0 aliphatic rings. The molecule has 6 nitrogen and oxygen atoms in total. The van der Waals surface area contributed by atoms with Gasteiger partial charge in [0.2, 0.25) is 0 Å². The Hall–Kier alpha value is -1.46. The molecule has 0 saturated carbocycles. The second-order valence-corrected chi connectivity index (χ2v) is 3.23. The molecule has 0 atom stereocenters. The average molecular weight is 213 g/mol. The van der Waals surface area contributed by atoms with Gasteiger partial charge in [-0.2, -0.15) is 0 Å². The number of nitrogens with zero attached hydrogens (tertiary/aromatic N) is 1. The fraction of sp³-hybridized carbons (Fsp3) is 0.778. The maximum atomic E-state index is 11.1. The lowest BCUT2D eigenvalue weighted by molar-refractivity contribution is 0.242. The first-order valence-corrected chi connectivity index (χ1v) is 5.17. The molecule has 86 valence electrons. The highest BCUT2D eigenvalue weighted by Crippen LogP contribution is 1.96. The Labute approximate surface area is 89.8 Å². The molecule has 0 aromatic rings. The third-order valence-corrected chi connectivity index (χ3v) is 1.87. The van der Waals surface area contributed by atoms with E-state index in [1.165, 1.54) is 12.8 Å². The van der Waals surface area contributed by atoms with Gasteiger partial charge in [-0.25, -0.2) is 10.3 Å². The average Bonchev–Trinajstić information content (AvgIpc) is 2.25. The number of amides is 2. The summed E-state index contributed by atoms with van der Waals surface area (Å²) in [5.74, 6) is -0.156. The number of urea groups is 1. The summed E-state index contributed by atoms with van der Waals surface area (Å²) in [4.78, 5) is 11.1. The molecule has 6 heteroatoms. The Morgan fingerprint density at radius 2 is 2.00 bits per heavy atom. The SMILES string of the molecule is CCCCCCNC(=O)NCC(=N)N=N. The first-order valence-electron chi connectivity index (χ1n) is 5.17. The normalized spacial score (nSPS) is 9.40. The van der Waals surface area contributed by atoms with E-state index in [1.54, 1.807) is 0 Å². The molecule has 0 saturated heterocycles. The first-order chi connectivity index (χ1) is 7.20. The van der Waals surface area contributed by atoms with Crippen LogP contribution in [-0.4, -0.2) is 25.0 Å². The van der Waals surface area contributed by atoms with Gasteiger partial charge < -0.3 is 10.6 Å². The standard InChI is InChI=1S/C9H19N5O/c1-2-3-4-5-6-12-9(15)13-7-8(10)14-11/h10-11H,2-7H2,1H3,(H2,12,13,15). The van der Waals surface area contributed by atoms with Crippen LogP contribution in [0.25, 0.3) is 0 Å². The van der Waals surface area contributed by atoms with Crippen molar-refractivity contribution in [2.75, 3.05) is 13.1 Å². The van der Waals surface area contributed by atoms with Gasteiger partial charge in [-0.05, 0) is 6.42 Å². The highest BCUT2D eigenvalue weighted by Gasteiger charge is 2.00. The quantitative estimate of drug-likeness (QED) is 0.220. The zero-order chi connectivity index (χ0) is 11.5. The van der Waals surface area contributed by atoms with Crippen molar-refractivity contribution in [3.63, 3.8) is 0 Å². The minimum Gasteiger partial charge on any atom is -0.338 e. The molecule has 15 heavy (non-hydrogen) atoms. The number of rotatable bonds is 7. The van der Waals surface area contributed by atoms with Gasteiger partial charge in [0.05, 0.1) is 6.54 Å². The van der Waals surface area contributed by atoms with Crippen molar-refractivity contribution in [2.24, 2.45) is 5.11 Å². The molecule has 0 heterocycles. The van der Waals surface area contributed by atoms with Crippen molar-refractivity contribution in [2.45, 2.75) is 32.6 Å². The summed E-state index contributed by atoms with van der Waals surface area (Å²) < 4.78 is 0. The molecule has 0 bridgehead atoms. The summed E-state index contributed by atoms with van der Waals surface area (Å²) >= 11 is 0. The molecule has 0 radical (unpaired) electrons. The van der Waals surface area contributed by atoms with E-state index in [0.29, 0.717) is 6.54 Å². The van der Waals surface area contributed by atoms with Gasteiger partial charge in [0.1, 0.15) is 0 Å². The van der Waals surface area contributed by atoms with Crippen molar-refractivity contribution in [1.29, 1.82) is 10.9 Å². The Balaban J connectivity index is 3.33. The minimum atomic E-state index is -0.306. The molecule has 0 aliphatic heterocycles. The lowest BCUT2D eigenvalue weighted by Crippen LogP contribution is -2.38. The van der Waals surface area contributed by atoms with Gasteiger partial charge >= 0.3 is 6.03 Å². The zero-order valence-corrected chi connectivity index (χ0v) is 9.10. The molecule has 2 amide bonds. The van der Waals surface area contributed by atoms with E-state index in [2.05, 4.69) is 22.7 Å². The van der Waals surface area contributed by atoms with Gasteiger partial charge in [-0.3, -0.25) is 5.41 Å². The van der Waals surface area contributed by atoms with Crippen molar-refractivity contribution in [3.8, 4) is 0 Å². The van der Waals surface area contributed by atoms with Gasteiger partial charge in [0.15, 0.2) is 5.84 Å². The maximum Gasteiger partial charge on any atom is 0.315 e. The summed E-state index contributed by atoms with van der Waals surface area (Å²) in [6, 6.07) is -0.306. The lowest BCUT2D eigenvalue weighted by Gasteiger charge is -2.05. The molecule has 0 spiro atoms. The smallest absolute Gasteiger partial charge is 0.315 e. The molecule has 4 N–H and O–H groups in total. The van der Waals surface area contributed by atoms with Crippen LogP contribution in [-0.2, 0) is 0 Å². The number of carbonyl (C=O) groups is 1. The summed E-state index contributed by atoms with van der Waals surface area (Å²) in [7, 11) is 0. The Kier molecular flexibility index (Phi) is 8.22. The van der Waals surface area contributed by atoms with Gasteiger partial charge in [0, 0.05) is 6.54 Å². The highest BCUT2D eigenvalue weighted by atomic mass is 16.2. The molecular weight excluding hydrogens is 194 g/mol. The third kappa shape index (κ3) is 8.86. The van der Waals surface area contributed by atoms with Crippen molar-refractivity contribution < 1.29 is 4.79 Å². The molecule has 0 aliphatic carbocycles. The molecule has 0 fully saturated rings. The van der Waals surface area contributed by atoms with Crippen LogP contribution in [0, 0.1) is 10.9 Å². The zero-order valence-electron chi connectivity index (χ0n) is 9.10. The van der Waals surface area contributed by atoms with Crippen molar-refractivity contribution >= 4 is 11.9 Å². The van der Waals surface area contributed by atoms with E-state index < -0.39 is 0 Å². The van der Waals surface area contributed by atoms with E-state index in [0.717, 1.165) is 12.8 Å². The highest BCUT2D eigenvalue weighted by molar-refractivity contribution is 5.85. The Morgan fingerprint density at radius 1 is 1.27 bits per heavy atom. The van der Waals surface area contributed by atoms with E-state index in [4.69, 9.17) is 10.9 Å². The number of carbonyl (C=O) groups excluding carboxylic acids is 1. The van der Waals surface area contributed by atoms with E-state index in [9.17, 15) is 4.79 Å². The fourth-order valence-corrected chi connectivity index (χ4v) is 1.02. The topological polar surface area (TPSA) is 101 Å². The van der Waals surface area contributed by atoms with Crippen LogP contribution in [0.1, 0.15) is 32.6 Å². The van der Waals surface area contributed by atoms with Crippen LogP contribution in [0.5, 0.6) is 0 Å². The number of amidine groups is 1. The molecule has 0 aromatic heterocycles. The summed E-state index contributed by atoms with van der Waals surface area (Å²) in [5.41, 5.74) is 6.50. The van der Waals surface area contributed by atoms with E-state index >= 15 is 0 Å². The van der Waals surface area contributed by atoms with Crippen LogP contribution in [0.15, 0.2) is 5.11 Å². The summed E-state index contributed by atoms with van der Waals surface area (Å²) in [6.07, 6.45) is 4.45. The van der Waals surface area contributed by atoms with Crippen LogP contribution in [0.4, 0.5) is 4.79 Å². The van der Waals surface area contributed by atoms with Gasteiger partial charge in [0.25, 0.3) is 0 Å².